The minimum Gasteiger partial charge on any atom is -0.452 e. The highest BCUT2D eigenvalue weighted by atomic mass is 32.2. The smallest absolute Gasteiger partial charge is 0.415 e. The van der Waals surface area contributed by atoms with Gasteiger partial charge in [-0.05, 0) is 31.2 Å². The number of ether oxygens (including phenoxy) is 1. The van der Waals surface area contributed by atoms with Crippen LogP contribution >= 0.6 is 0 Å². The molecule has 0 unspecified atom stereocenters. The molecule has 0 fully saturated rings. The zero-order valence-corrected chi connectivity index (χ0v) is 14.6. The normalized spacial score (nSPS) is 11.4. The second kappa shape index (κ2) is 6.56. The summed E-state index contributed by atoms with van der Waals surface area (Å²) < 4.78 is 31.7. The van der Waals surface area contributed by atoms with E-state index in [4.69, 9.17) is 4.74 Å². The first-order chi connectivity index (χ1) is 12.0. The molecule has 0 spiro atoms. The van der Waals surface area contributed by atoms with Gasteiger partial charge >= 0.3 is 6.09 Å². The summed E-state index contributed by atoms with van der Waals surface area (Å²) in [4.78, 5) is 17.9. The summed E-state index contributed by atoms with van der Waals surface area (Å²) in [6, 6.07) is 11.3. The van der Waals surface area contributed by atoms with Crippen LogP contribution in [-0.4, -0.2) is 37.6 Å². The Bertz CT molecular complexity index is 1010. The number of carbonyl (C=O) groups is 1. The highest BCUT2D eigenvalue weighted by Gasteiger charge is 2.20. The third kappa shape index (κ3) is 3.08. The predicted molar refractivity (Wildman–Crippen MR) is 92.5 cm³/mol. The monoisotopic (exact) mass is 359 g/mol. The van der Waals surface area contributed by atoms with Crippen molar-refractivity contribution in [2.75, 3.05) is 18.6 Å². The Labute approximate surface area is 145 Å². The van der Waals surface area contributed by atoms with Gasteiger partial charge in [-0.2, -0.15) is 0 Å². The molecule has 3 aromatic rings. The maximum absolute atomic E-state index is 12.7. The van der Waals surface area contributed by atoms with Gasteiger partial charge < -0.3 is 9.14 Å². The number of amides is 1. The van der Waals surface area contributed by atoms with Crippen LogP contribution in [0.15, 0.2) is 64.6 Å². The van der Waals surface area contributed by atoms with Gasteiger partial charge in [-0.25, -0.2) is 18.2 Å². The van der Waals surface area contributed by atoms with Gasteiger partial charge in [0, 0.05) is 12.7 Å². The van der Waals surface area contributed by atoms with E-state index < -0.39 is 15.9 Å². The molecule has 0 atom stereocenters. The molecule has 2 aromatic heterocycles. The van der Waals surface area contributed by atoms with Gasteiger partial charge in [-0.15, -0.1) is 0 Å². The molecule has 1 amide bonds. The number of aromatic nitrogens is 2. The van der Waals surface area contributed by atoms with Crippen LogP contribution in [0.1, 0.15) is 6.92 Å². The van der Waals surface area contributed by atoms with E-state index in [9.17, 15) is 13.2 Å². The lowest BCUT2D eigenvalue weighted by Crippen LogP contribution is -2.30. The van der Waals surface area contributed by atoms with Crippen molar-refractivity contribution in [1.29, 1.82) is 0 Å². The number of rotatable bonds is 4. The molecular weight excluding hydrogens is 342 g/mol. The molecule has 3 rings (SSSR count). The predicted octanol–water partition coefficient (Wildman–Crippen LogP) is 2.76. The third-order valence-corrected chi connectivity index (χ3v) is 5.52. The lowest BCUT2D eigenvalue weighted by molar-refractivity contribution is 0.179. The molecule has 0 bridgehead atoms. The first-order valence-electron chi connectivity index (χ1n) is 7.61. The van der Waals surface area contributed by atoms with Gasteiger partial charge in [0.2, 0.25) is 9.84 Å². The number of benzene rings is 1. The zero-order valence-electron chi connectivity index (χ0n) is 13.8. The van der Waals surface area contributed by atoms with Crippen LogP contribution in [0.4, 0.5) is 10.6 Å². The van der Waals surface area contributed by atoms with Crippen molar-refractivity contribution >= 4 is 27.4 Å². The van der Waals surface area contributed by atoms with Gasteiger partial charge in [0.15, 0.2) is 5.82 Å². The van der Waals surface area contributed by atoms with E-state index in [2.05, 4.69) is 4.98 Å². The Morgan fingerprint density at radius 3 is 2.48 bits per heavy atom. The highest BCUT2D eigenvalue weighted by Crippen LogP contribution is 2.23. The van der Waals surface area contributed by atoms with Crippen molar-refractivity contribution in [2.45, 2.75) is 16.7 Å². The van der Waals surface area contributed by atoms with Crippen LogP contribution in [-0.2, 0) is 14.6 Å². The minimum atomic E-state index is -3.62. The van der Waals surface area contributed by atoms with E-state index in [-0.39, 0.29) is 9.79 Å². The lowest BCUT2D eigenvalue weighted by atomic mass is 10.4. The number of imidazole rings is 1. The maximum Gasteiger partial charge on any atom is 0.415 e. The first kappa shape index (κ1) is 17.0. The summed E-state index contributed by atoms with van der Waals surface area (Å²) in [6.07, 6.45) is 2.56. The Kier molecular flexibility index (Phi) is 4.45. The Morgan fingerprint density at radius 1 is 1.12 bits per heavy atom. The second-order valence-electron chi connectivity index (χ2n) is 5.26. The number of hydrogen-bond donors (Lipinski definition) is 0. The summed E-state index contributed by atoms with van der Waals surface area (Å²) in [5.41, 5.74) is 0.532. The van der Waals surface area contributed by atoms with Crippen molar-refractivity contribution in [3.05, 3.63) is 54.9 Å². The number of carbonyl (C=O) groups excluding carboxylic acids is 1. The first-order valence-corrected chi connectivity index (χ1v) is 9.10. The summed E-state index contributed by atoms with van der Waals surface area (Å²) >= 11 is 0. The summed E-state index contributed by atoms with van der Waals surface area (Å²) in [5.74, 6) is 0.392. The highest BCUT2D eigenvalue weighted by molar-refractivity contribution is 7.91. The van der Waals surface area contributed by atoms with Gasteiger partial charge in [0.1, 0.15) is 5.65 Å². The number of hydrogen-bond acceptors (Lipinski definition) is 5. The fraction of sp³-hybridized carbons (Fsp3) is 0.176. The molecule has 130 valence electrons. The van der Waals surface area contributed by atoms with E-state index in [1.807, 2.05) is 0 Å². The molecule has 0 aliphatic rings. The minimum absolute atomic E-state index is 0.149. The fourth-order valence-corrected chi connectivity index (χ4v) is 3.76. The van der Waals surface area contributed by atoms with Crippen molar-refractivity contribution in [2.24, 2.45) is 0 Å². The Morgan fingerprint density at radius 2 is 1.84 bits per heavy atom. The molecule has 2 heterocycles. The number of pyridine rings is 1. The molecular formula is C17H17N3O4S. The van der Waals surface area contributed by atoms with Gasteiger partial charge in [0.05, 0.1) is 23.1 Å². The topological polar surface area (TPSA) is 81.0 Å². The summed E-state index contributed by atoms with van der Waals surface area (Å²) in [5, 5.41) is 0. The number of sulfone groups is 1. The Balaban J connectivity index is 2.05. The molecule has 1 aromatic carbocycles. The number of fused-ring (bicyclic) bond motifs is 1. The summed E-state index contributed by atoms with van der Waals surface area (Å²) in [6.45, 7) is 2.18. The van der Waals surface area contributed by atoms with E-state index in [1.54, 1.807) is 53.9 Å². The zero-order chi connectivity index (χ0) is 18.0. The molecule has 0 saturated heterocycles. The largest absolute Gasteiger partial charge is 0.452 e. The van der Waals surface area contributed by atoms with Crippen molar-refractivity contribution < 1.29 is 17.9 Å². The van der Waals surface area contributed by atoms with E-state index in [0.29, 0.717) is 18.0 Å². The van der Waals surface area contributed by atoms with Crippen LogP contribution in [0.2, 0.25) is 0 Å². The van der Waals surface area contributed by atoms with Crippen molar-refractivity contribution in [1.82, 2.24) is 9.38 Å². The van der Waals surface area contributed by atoms with Crippen LogP contribution in [0.25, 0.3) is 5.65 Å². The van der Waals surface area contributed by atoms with E-state index in [0.717, 1.165) is 0 Å². The third-order valence-electron chi connectivity index (χ3n) is 3.76. The van der Waals surface area contributed by atoms with Crippen molar-refractivity contribution in [3.63, 3.8) is 0 Å². The average molecular weight is 359 g/mol. The standard InChI is InChI=1S/C17H17N3O4S/c1-3-20(17(21)24-2)16-12-19-11-14(9-10-15(19)18-16)25(22,23)13-7-5-4-6-8-13/h4-12H,3H2,1-2H3. The van der Waals surface area contributed by atoms with Gasteiger partial charge in [0.25, 0.3) is 0 Å². The molecule has 7 nitrogen and oxygen atoms in total. The van der Waals surface area contributed by atoms with Gasteiger partial charge in [-0.3, -0.25) is 4.90 Å². The molecule has 0 N–H and O–H groups in total. The van der Waals surface area contributed by atoms with Crippen LogP contribution in [0.3, 0.4) is 0 Å². The fourth-order valence-electron chi connectivity index (χ4n) is 2.48. The lowest BCUT2D eigenvalue weighted by Gasteiger charge is -2.15. The number of methoxy groups -OCH3 is 1. The van der Waals surface area contributed by atoms with E-state index in [1.165, 1.54) is 24.3 Å². The average Bonchev–Trinajstić information content (AvgIpc) is 3.05. The number of anilines is 1. The number of nitrogens with zero attached hydrogens (tertiary/aromatic N) is 3. The molecule has 0 aliphatic carbocycles. The SMILES string of the molecule is CCN(C(=O)OC)c1cn2cc(S(=O)(=O)c3ccccc3)ccc2n1. The molecule has 25 heavy (non-hydrogen) atoms. The van der Waals surface area contributed by atoms with Crippen LogP contribution in [0.5, 0.6) is 0 Å². The van der Waals surface area contributed by atoms with Crippen LogP contribution in [0, 0.1) is 0 Å². The second-order valence-corrected chi connectivity index (χ2v) is 7.21. The molecule has 0 saturated carbocycles. The molecule has 0 aliphatic heterocycles. The molecule has 8 heteroatoms. The Hall–Kier alpha value is -2.87. The van der Waals surface area contributed by atoms with Crippen molar-refractivity contribution in [3.8, 4) is 0 Å². The molecule has 0 radical (unpaired) electrons. The van der Waals surface area contributed by atoms with Gasteiger partial charge in [-0.1, -0.05) is 18.2 Å². The van der Waals surface area contributed by atoms with Crippen LogP contribution < -0.4 is 4.90 Å². The maximum atomic E-state index is 12.7. The summed E-state index contributed by atoms with van der Waals surface area (Å²) in [7, 11) is -2.32. The quantitative estimate of drug-likeness (QED) is 0.715. The van der Waals surface area contributed by atoms with E-state index >= 15 is 0 Å².